The first kappa shape index (κ1) is 27.4. The summed E-state index contributed by atoms with van der Waals surface area (Å²) in [7, 11) is 1.30. The van der Waals surface area contributed by atoms with Crippen molar-refractivity contribution >= 4 is 23.9 Å². The molecule has 0 radical (unpaired) electrons. The van der Waals surface area contributed by atoms with Gasteiger partial charge in [-0.2, -0.15) is 0 Å². The van der Waals surface area contributed by atoms with Crippen molar-refractivity contribution in [1.82, 2.24) is 10.2 Å². The van der Waals surface area contributed by atoms with Crippen molar-refractivity contribution in [1.29, 1.82) is 0 Å². The van der Waals surface area contributed by atoms with E-state index in [1.807, 2.05) is 74.5 Å². The number of hydrogen-bond acceptors (Lipinski definition) is 5. The number of nitrogens with zero attached hydrogens (tertiary/aromatic N) is 1. The number of esters is 1. The Labute approximate surface area is 228 Å². The third kappa shape index (κ3) is 6.26. The lowest BCUT2D eigenvalue weighted by Gasteiger charge is -2.26. The fourth-order valence-electron chi connectivity index (χ4n) is 4.63. The Hall–Kier alpha value is -4.65. The van der Waals surface area contributed by atoms with Crippen molar-refractivity contribution in [3.8, 4) is 5.75 Å². The SMILES string of the molecule is COC(=O)C1=C(C)N([C@@H](C)c2ccccc2)C(=O)/C1=C\c1ccc(OCC(=O)N[C@@H](C)c2ccccc2)cc1. The molecule has 0 aromatic heterocycles. The molecule has 1 aliphatic heterocycles. The highest BCUT2D eigenvalue weighted by Crippen LogP contribution is 2.37. The molecule has 7 nitrogen and oxygen atoms in total. The zero-order valence-corrected chi connectivity index (χ0v) is 22.5. The first-order chi connectivity index (χ1) is 18.8. The van der Waals surface area contributed by atoms with Crippen LogP contribution in [0.1, 0.15) is 49.5 Å². The third-order valence-corrected chi connectivity index (χ3v) is 6.74. The van der Waals surface area contributed by atoms with Crippen molar-refractivity contribution in [2.45, 2.75) is 32.9 Å². The van der Waals surface area contributed by atoms with Crippen LogP contribution in [0.3, 0.4) is 0 Å². The molecule has 1 aliphatic rings. The van der Waals surface area contributed by atoms with Gasteiger partial charge in [0.1, 0.15) is 5.75 Å². The van der Waals surface area contributed by atoms with E-state index in [1.54, 1.807) is 42.2 Å². The van der Waals surface area contributed by atoms with Gasteiger partial charge >= 0.3 is 5.97 Å². The topological polar surface area (TPSA) is 84.9 Å². The quantitative estimate of drug-likeness (QED) is 0.300. The number of methoxy groups -OCH3 is 1. The summed E-state index contributed by atoms with van der Waals surface area (Å²) >= 11 is 0. The molecular weight excluding hydrogens is 492 g/mol. The Balaban J connectivity index is 1.47. The highest BCUT2D eigenvalue weighted by Gasteiger charge is 2.39. The van der Waals surface area contributed by atoms with E-state index in [-0.39, 0.29) is 41.7 Å². The summed E-state index contributed by atoms with van der Waals surface area (Å²) in [6.07, 6.45) is 1.67. The molecule has 0 saturated heterocycles. The molecule has 0 aliphatic carbocycles. The molecule has 2 atom stereocenters. The molecule has 0 spiro atoms. The molecule has 0 bridgehead atoms. The zero-order chi connectivity index (χ0) is 27.9. The van der Waals surface area contributed by atoms with Gasteiger partial charge in [-0.15, -0.1) is 0 Å². The average molecular weight is 525 g/mol. The number of allylic oxidation sites excluding steroid dienone is 1. The molecule has 4 rings (SSSR count). The van der Waals surface area contributed by atoms with Crippen LogP contribution in [-0.2, 0) is 19.1 Å². The molecule has 200 valence electrons. The lowest BCUT2D eigenvalue weighted by atomic mass is 10.0. The van der Waals surface area contributed by atoms with E-state index in [0.717, 1.165) is 11.1 Å². The minimum atomic E-state index is -0.564. The predicted octanol–water partition coefficient (Wildman–Crippen LogP) is 5.38. The maximum absolute atomic E-state index is 13.5. The molecule has 0 fully saturated rings. The number of nitrogens with one attached hydrogen (secondary N) is 1. The molecule has 1 N–H and O–H groups in total. The Kier molecular flexibility index (Phi) is 8.61. The first-order valence-electron chi connectivity index (χ1n) is 12.8. The molecule has 3 aromatic rings. The van der Waals surface area contributed by atoms with Crippen molar-refractivity contribution in [2.75, 3.05) is 13.7 Å². The Morgan fingerprint density at radius 2 is 1.49 bits per heavy atom. The van der Waals surface area contributed by atoms with E-state index in [2.05, 4.69) is 5.32 Å². The fourth-order valence-corrected chi connectivity index (χ4v) is 4.63. The summed E-state index contributed by atoms with van der Waals surface area (Å²) in [4.78, 5) is 40.2. The number of benzene rings is 3. The summed E-state index contributed by atoms with van der Waals surface area (Å²) in [5.74, 6) is -0.555. The minimum absolute atomic E-state index is 0.128. The Morgan fingerprint density at radius 3 is 2.08 bits per heavy atom. The second-order valence-corrected chi connectivity index (χ2v) is 9.33. The van der Waals surface area contributed by atoms with Gasteiger partial charge in [-0.3, -0.25) is 9.59 Å². The highest BCUT2D eigenvalue weighted by atomic mass is 16.5. The number of carbonyl (C=O) groups excluding carboxylic acids is 3. The molecule has 3 aromatic carbocycles. The maximum atomic E-state index is 13.5. The van der Waals surface area contributed by atoms with Crippen LogP contribution in [-0.4, -0.2) is 36.4 Å². The van der Waals surface area contributed by atoms with Crippen molar-refractivity contribution in [3.05, 3.63) is 118 Å². The molecule has 1 heterocycles. The molecule has 0 saturated carbocycles. The number of rotatable bonds is 9. The minimum Gasteiger partial charge on any atom is -0.484 e. The van der Waals surface area contributed by atoms with Gasteiger partial charge in [0.25, 0.3) is 11.8 Å². The predicted molar refractivity (Wildman–Crippen MR) is 149 cm³/mol. The van der Waals surface area contributed by atoms with Crippen LogP contribution < -0.4 is 10.1 Å². The summed E-state index contributed by atoms with van der Waals surface area (Å²) in [6.45, 7) is 5.47. The second kappa shape index (κ2) is 12.3. The van der Waals surface area contributed by atoms with E-state index in [9.17, 15) is 14.4 Å². The zero-order valence-electron chi connectivity index (χ0n) is 22.5. The number of hydrogen-bond donors (Lipinski definition) is 1. The van der Waals surface area contributed by atoms with Crippen LogP contribution in [0.25, 0.3) is 6.08 Å². The molecular formula is C32H32N2O5. The van der Waals surface area contributed by atoms with Gasteiger partial charge in [-0.05, 0) is 55.7 Å². The van der Waals surface area contributed by atoms with E-state index >= 15 is 0 Å². The van der Waals surface area contributed by atoms with Crippen LogP contribution in [0.2, 0.25) is 0 Å². The smallest absolute Gasteiger partial charge is 0.340 e. The molecule has 7 heteroatoms. The lowest BCUT2D eigenvalue weighted by molar-refractivity contribution is -0.136. The average Bonchev–Trinajstić information content (AvgIpc) is 3.21. The highest BCUT2D eigenvalue weighted by molar-refractivity contribution is 6.16. The van der Waals surface area contributed by atoms with Crippen LogP contribution >= 0.6 is 0 Å². The number of ether oxygens (including phenoxy) is 2. The van der Waals surface area contributed by atoms with E-state index < -0.39 is 5.97 Å². The molecule has 0 unspecified atom stereocenters. The Bertz CT molecular complexity index is 1400. The lowest BCUT2D eigenvalue weighted by Crippen LogP contribution is -2.31. The number of carbonyl (C=O) groups is 3. The van der Waals surface area contributed by atoms with Gasteiger partial charge < -0.3 is 19.7 Å². The van der Waals surface area contributed by atoms with Gasteiger partial charge in [0.15, 0.2) is 6.61 Å². The van der Waals surface area contributed by atoms with Gasteiger partial charge in [-0.25, -0.2) is 4.79 Å². The van der Waals surface area contributed by atoms with Gasteiger partial charge in [-0.1, -0.05) is 72.8 Å². The second-order valence-electron chi connectivity index (χ2n) is 9.33. The Morgan fingerprint density at radius 1 is 0.897 bits per heavy atom. The standard InChI is InChI=1S/C32H32N2O5/c1-21(25-11-7-5-8-12-25)33-29(35)20-39-27-17-15-24(16-18-27)19-28-30(32(37)38-4)23(3)34(31(28)36)22(2)26-13-9-6-10-14-26/h5-19,21-22H,20H2,1-4H3,(H,33,35)/b28-19-/t21-,22-/m0/s1. The largest absolute Gasteiger partial charge is 0.484 e. The molecule has 2 amide bonds. The fraction of sp³-hybridized carbons (Fsp3) is 0.219. The van der Waals surface area contributed by atoms with E-state index in [1.165, 1.54) is 7.11 Å². The van der Waals surface area contributed by atoms with Crippen molar-refractivity contribution in [3.63, 3.8) is 0 Å². The molecule has 39 heavy (non-hydrogen) atoms. The normalized spacial score (nSPS) is 15.7. The van der Waals surface area contributed by atoms with Crippen LogP contribution in [0.4, 0.5) is 0 Å². The summed E-state index contributed by atoms with van der Waals surface area (Å²) in [6, 6.07) is 25.9. The van der Waals surface area contributed by atoms with Crippen LogP contribution in [0, 0.1) is 0 Å². The van der Waals surface area contributed by atoms with Crippen LogP contribution in [0.5, 0.6) is 5.75 Å². The van der Waals surface area contributed by atoms with Crippen molar-refractivity contribution < 1.29 is 23.9 Å². The van der Waals surface area contributed by atoms with Crippen LogP contribution in [0.15, 0.2) is 102 Å². The van der Waals surface area contributed by atoms with E-state index in [4.69, 9.17) is 9.47 Å². The van der Waals surface area contributed by atoms with E-state index in [0.29, 0.717) is 17.0 Å². The number of amides is 2. The maximum Gasteiger partial charge on any atom is 0.340 e. The van der Waals surface area contributed by atoms with Gasteiger partial charge in [0.2, 0.25) is 0 Å². The van der Waals surface area contributed by atoms with Gasteiger partial charge in [0, 0.05) is 5.70 Å². The summed E-state index contributed by atoms with van der Waals surface area (Å²) in [5.41, 5.74) is 3.73. The first-order valence-corrected chi connectivity index (χ1v) is 12.8. The summed E-state index contributed by atoms with van der Waals surface area (Å²) in [5, 5.41) is 2.92. The summed E-state index contributed by atoms with van der Waals surface area (Å²) < 4.78 is 10.7. The monoisotopic (exact) mass is 524 g/mol. The third-order valence-electron chi connectivity index (χ3n) is 6.74. The van der Waals surface area contributed by atoms with Gasteiger partial charge in [0.05, 0.1) is 30.3 Å². The van der Waals surface area contributed by atoms with Crippen molar-refractivity contribution in [2.24, 2.45) is 0 Å².